The second-order valence-electron chi connectivity index (χ2n) is 6.05. The van der Waals surface area contributed by atoms with Crippen molar-refractivity contribution in [1.82, 2.24) is 30.1 Å². The van der Waals surface area contributed by atoms with Crippen LogP contribution < -0.4 is 5.32 Å². The number of halogens is 1. The van der Waals surface area contributed by atoms with E-state index in [9.17, 15) is 9.18 Å². The molecule has 27 heavy (non-hydrogen) atoms. The average Bonchev–Trinajstić information content (AvgIpc) is 3.27. The molecule has 0 fully saturated rings. The monoisotopic (exact) mass is 366 g/mol. The molecule has 1 amide bonds. The number of nitrogens with one attached hydrogen (secondary N) is 1. The summed E-state index contributed by atoms with van der Waals surface area (Å²) in [6.07, 6.45) is 1.76. The van der Waals surface area contributed by atoms with Crippen molar-refractivity contribution in [3.05, 3.63) is 65.1 Å². The highest BCUT2D eigenvalue weighted by molar-refractivity contribution is 5.94. The summed E-state index contributed by atoms with van der Waals surface area (Å²) in [5.74, 6) is 0.679. The maximum atomic E-state index is 13.6. The number of nitrogens with zero attached hydrogens (tertiary/aromatic N) is 5. The molecule has 0 saturated heterocycles. The summed E-state index contributed by atoms with van der Waals surface area (Å²) in [7, 11) is 0. The molecular formula is C18H15FN6O2. The van der Waals surface area contributed by atoms with Gasteiger partial charge in [0, 0.05) is 17.3 Å². The third kappa shape index (κ3) is 3.26. The predicted octanol–water partition coefficient (Wildman–Crippen LogP) is 2.47. The molecule has 0 aliphatic heterocycles. The number of pyridine rings is 1. The molecule has 0 spiro atoms. The van der Waals surface area contributed by atoms with Crippen molar-refractivity contribution in [3.63, 3.8) is 0 Å². The molecule has 0 saturated carbocycles. The van der Waals surface area contributed by atoms with Gasteiger partial charge < -0.3 is 9.84 Å². The van der Waals surface area contributed by atoms with E-state index >= 15 is 0 Å². The minimum Gasteiger partial charge on any atom is -0.345 e. The first kappa shape index (κ1) is 16.8. The zero-order valence-corrected chi connectivity index (χ0v) is 14.6. The van der Waals surface area contributed by atoms with Crippen LogP contribution >= 0.6 is 0 Å². The summed E-state index contributed by atoms with van der Waals surface area (Å²) in [5.41, 5.74) is 2.04. The molecule has 0 atom stereocenters. The molecule has 1 N–H and O–H groups in total. The summed E-state index contributed by atoms with van der Waals surface area (Å²) < 4.78 is 20.5. The van der Waals surface area contributed by atoms with Crippen molar-refractivity contribution < 1.29 is 13.7 Å². The Morgan fingerprint density at radius 3 is 2.81 bits per heavy atom. The van der Waals surface area contributed by atoms with E-state index in [-0.39, 0.29) is 18.0 Å². The van der Waals surface area contributed by atoms with Gasteiger partial charge in [-0.15, -0.1) is 10.2 Å². The average molecular weight is 366 g/mol. The number of benzene rings is 1. The standard InChI is InChI=1S/C18H15FN6O2/c1-10-3-4-12(7-14(10)19)17(26)20-9-16-23-22-15-8-13(5-6-25(15)16)18-21-11(2)24-27-18/h3-8H,9H2,1-2H3,(H,20,26). The van der Waals surface area contributed by atoms with E-state index in [1.54, 1.807) is 48.7 Å². The zero-order valence-electron chi connectivity index (χ0n) is 14.6. The Bertz CT molecular complexity index is 1150. The lowest BCUT2D eigenvalue weighted by molar-refractivity contribution is 0.0949. The molecular weight excluding hydrogens is 351 g/mol. The van der Waals surface area contributed by atoms with E-state index in [2.05, 4.69) is 25.7 Å². The van der Waals surface area contributed by atoms with E-state index in [4.69, 9.17) is 4.52 Å². The van der Waals surface area contributed by atoms with Crippen LogP contribution in [0.1, 0.15) is 27.6 Å². The topological polar surface area (TPSA) is 98.2 Å². The number of hydrogen-bond acceptors (Lipinski definition) is 6. The number of aromatic nitrogens is 5. The highest BCUT2D eigenvalue weighted by atomic mass is 19.1. The third-order valence-corrected chi connectivity index (χ3v) is 4.10. The van der Waals surface area contributed by atoms with Crippen molar-refractivity contribution in [1.29, 1.82) is 0 Å². The molecule has 8 nitrogen and oxygen atoms in total. The molecule has 0 unspecified atom stereocenters. The summed E-state index contributed by atoms with van der Waals surface area (Å²) in [6, 6.07) is 7.92. The Hall–Kier alpha value is -3.62. The molecule has 0 radical (unpaired) electrons. The number of hydrogen-bond donors (Lipinski definition) is 1. The molecule has 0 bridgehead atoms. The largest absolute Gasteiger partial charge is 0.345 e. The summed E-state index contributed by atoms with van der Waals surface area (Å²) in [6.45, 7) is 3.53. The molecule has 4 rings (SSSR count). The van der Waals surface area contributed by atoms with Crippen LogP contribution in [0.15, 0.2) is 41.1 Å². The van der Waals surface area contributed by atoms with Gasteiger partial charge in [-0.3, -0.25) is 9.20 Å². The van der Waals surface area contributed by atoms with Gasteiger partial charge in [0.1, 0.15) is 5.82 Å². The van der Waals surface area contributed by atoms with Crippen molar-refractivity contribution in [2.45, 2.75) is 20.4 Å². The van der Waals surface area contributed by atoms with Gasteiger partial charge in [0.25, 0.3) is 11.8 Å². The van der Waals surface area contributed by atoms with Crippen LogP contribution in [0.5, 0.6) is 0 Å². The Morgan fingerprint density at radius 2 is 2.07 bits per heavy atom. The summed E-state index contributed by atoms with van der Waals surface area (Å²) in [4.78, 5) is 16.4. The Kier molecular flexibility index (Phi) is 4.11. The second-order valence-corrected chi connectivity index (χ2v) is 6.05. The Morgan fingerprint density at radius 1 is 1.22 bits per heavy atom. The van der Waals surface area contributed by atoms with Gasteiger partial charge in [-0.1, -0.05) is 11.2 Å². The van der Waals surface area contributed by atoms with Crippen LogP contribution in [0.3, 0.4) is 0 Å². The maximum absolute atomic E-state index is 13.6. The lowest BCUT2D eigenvalue weighted by Gasteiger charge is -2.05. The maximum Gasteiger partial charge on any atom is 0.258 e. The number of carbonyl (C=O) groups excluding carboxylic acids is 1. The fraction of sp³-hybridized carbons (Fsp3) is 0.167. The highest BCUT2D eigenvalue weighted by Crippen LogP contribution is 2.19. The minimum absolute atomic E-state index is 0.147. The number of fused-ring (bicyclic) bond motifs is 1. The lowest BCUT2D eigenvalue weighted by atomic mass is 10.1. The predicted molar refractivity (Wildman–Crippen MR) is 93.3 cm³/mol. The summed E-state index contributed by atoms with van der Waals surface area (Å²) >= 11 is 0. The lowest BCUT2D eigenvalue weighted by Crippen LogP contribution is -2.24. The normalized spacial score (nSPS) is 11.1. The van der Waals surface area contributed by atoms with Crippen molar-refractivity contribution in [2.24, 2.45) is 0 Å². The van der Waals surface area contributed by atoms with Crippen molar-refractivity contribution in [2.75, 3.05) is 0 Å². The van der Waals surface area contributed by atoms with Gasteiger partial charge in [0.15, 0.2) is 17.3 Å². The van der Waals surface area contributed by atoms with Crippen molar-refractivity contribution in [3.8, 4) is 11.5 Å². The molecule has 3 aromatic heterocycles. The molecule has 136 valence electrons. The van der Waals surface area contributed by atoms with Crippen LogP contribution in [0.25, 0.3) is 17.1 Å². The molecule has 0 aliphatic rings. The smallest absolute Gasteiger partial charge is 0.258 e. The third-order valence-electron chi connectivity index (χ3n) is 4.10. The minimum atomic E-state index is -0.417. The van der Waals surface area contributed by atoms with Gasteiger partial charge in [-0.25, -0.2) is 4.39 Å². The molecule has 3 heterocycles. The first-order chi connectivity index (χ1) is 13.0. The fourth-order valence-corrected chi connectivity index (χ4v) is 2.60. The van der Waals surface area contributed by atoms with Crippen LogP contribution in [-0.4, -0.2) is 30.6 Å². The van der Waals surface area contributed by atoms with Crippen LogP contribution in [-0.2, 0) is 6.54 Å². The Balaban J connectivity index is 1.52. The SMILES string of the molecule is Cc1noc(-c2ccn3c(CNC(=O)c4ccc(C)c(F)c4)nnc3c2)n1. The number of rotatable bonds is 4. The summed E-state index contributed by atoms with van der Waals surface area (Å²) in [5, 5.41) is 14.7. The van der Waals surface area contributed by atoms with E-state index in [1.165, 1.54) is 6.07 Å². The van der Waals surface area contributed by atoms with Gasteiger partial charge in [0.05, 0.1) is 6.54 Å². The molecule has 4 aromatic rings. The van der Waals surface area contributed by atoms with Gasteiger partial charge >= 0.3 is 0 Å². The first-order valence-corrected chi connectivity index (χ1v) is 8.20. The fourth-order valence-electron chi connectivity index (χ4n) is 2.60. The van der Waals surface area contributed by atoms with Gasteiger partial charge in [-0.2, -0.15) is 4.98 Å². The van der Waals surface area contributed by atoms with E-state index in [0.29, 0.717) is 28.8 Å². The second kappa shape index (κ2) is 6.60. The van der Waals surface area contributed by atoms with E-state index in [0.717, 1.165) is 5.56 Å². The quantitative estimate of drug-likeness (QED) is 0.596. The van der Waals surface area contributed by atoms with Gasteiger partial charge in [0.2, 0.25) is 0 Å². The number of carbonyl (C=O) groups is 1. The van der Waals surface area contributed by atoms with Crippen LogP contribution in [0, 0.1) is 19.7 Å². The first-order valence-electron chi connectivity index (χ1n) is 8.20. The molecule has 0 aliphatic carbocycles. The molecule has 1 aromatic carbocycles. The van der Waals surface area contributed by atoms with E-state index in [1.807, 2.05) is 0 Å². The Labute approximate surface area is 153 Å². The number of aryl methyl sites for hydroxylation is 2. The molecule has 9 heteroatoms. The number of amides is 1. The van der Waals surface area contributed by atoms with E-state index < -0.39 is 5.82 Å². The van der Waals surface area contributed by atoms with Crippen LogP contribution in [0.2, 0.25) is 0 Å². The van der Waals surface area contributed by atoms with Crippen LogP contribution in [0.4, 0.5) is 4.39 Å². The van der Waals surface area contributed by atoms with Crippen molar-refractivity contribution >= 4 is 11.6 Å². The highest BCUT2D eigenvalue weighted by Gasteiger charge is 2.13. The zero-order chi connectivity index (χ0) is 19.0. The van der Waals surface area contributed by atoms with Gasteiger partial charge in [-0.05, 0) is 43.7 Å².